The number of hydrogen-bond acceptors (Lipinski definition) is 4. The van der Waals surface area contributed by atoms with Crippen molar-refractivity contribution in [2.45, 2.75) is 11.1 Å². The van der Waals surface area contributed by atoms with Crippen molar-refractivity contribution < 1.29 is 21.6 Å². The highest BCUT2D eigenvalue weighted by Crippen LogP contribution is 2.32. The summed E-state index contributed by atoms with van der Waals surface area (Å²) in [5, 5.41) is 3.20. The van der Waals surface area contributed by atoms with Gasteiger partial charge in [-0.25, -0.2) is 8.42 Å². The molecule has 124 valence electrons. The lowest BCUT2D eigenvalue weighted by Crippen LogP contribution is -2.32. The molecule has 2 atom stereocenters. The summed E-state index contributed by atoms with van der Waals surface area (Å²) in [4.78, 5) is 3.03. The van der Waals surface area contributed by atoms with Gasteiger partial charge in [0.1, 0.15) is 10.6 Å². The second-order valence-electron chi connectivity index (χ2n) is 5.38. The van der Waals surface area contributed by atoms with Crippen LogP contribution in [0.15, 0.2) is 23.2 Å². The molecule has 1 aromatic heterocycles. The fourth-order valence-electron chi connectivity index (χ4n) is 2.86. The number of rotatable bonds is 2. The molecular formula is C12H15ClF3N3O2S. The Hall–Kier alpha value is -0.900. The minimum absolute atomic E-state index is 0. The number of sulfonamides is 1. The van der Waals surface area contributed by atoms with Crippen LogP contribution in [0.2, 0.25) is 0 Å². The average Bonchev–Trinajstić information content (AvgIpc) is 2.98. The van der Waals surface area contributed by atoms with Gasteiger partial charge in [0, 0.05) is 19.3 Å². The molecule has 2 saturated heterocycles. The van der Waals surface area contributed by atoms with E-state index < -0.39 is 21.9 Å². The maximum absolute atomic E-state index is 12.4. The van der Waals surface area contributed by atoms with Gasteiger partial charge < -0.3 is 5.32 Å². The van der Waals surface area contributed by atoms with Crippen molar-refractivity contribution in [1.82, 2.24) is 14.6 Å². The van der Waals surface area contributed by atoms with Crippen LogP contribution in [-0.4, -0.2) is 43.9 Å². The number of nitrogens with one attached hydrogen (secondary N) is 1. The Labute approximate surface area is 132 Å². The number of aromatic nitrogens is 1. The minimum atomic E-state index is -4.57. The van der Waals surface area contributed by atoms with E-state index in [1.54, 1.807) is 0 Å². The standard InChI is InChI=1S/C12H14F3N3O2S.ClH/c13-12(14,15)11-2-1-10(5-17-11)21(19,20)18-6-8-3-16-4-9(8)7-18;/h1-2,5,8-9,16H,3-4,6-7H2;1H/t8-,9+;. The molecular weight excluding hydrogens is 343 g/mol. The molecule has 10 heteroatoms. The summed E-state index contributed by atoms with van der Waals surface area (Å²) < 4.78 is 63.5. The van der Waals surface area contributed by atoms with Crippen molar-refractivity contribution >= 4 is 22.4 Å². The van der Waals surface area contributed by atoms with Crippen molar-refractivity contribution in [3.63, 3.8) is 0 Å². The molecule has 0 aromatic carbocycles. The molecule has 3 heterocycles. The third kappa shape index (κ3) is 3.08. The Morgan fingerprint density at radius 2 is 1.77 bits per heavy atom. The maximum Gasteiger partial charge on any atom is 0.433 e. The first-order chi connectivity index (χ1) is 9.78. The summed E-state index contributed by atoms with van der Waals surface area (Å²) in [6.07, 6.45) is -3.79. The first-order valence-electron chi connectivity index (χ1n) is 6.52. The van der Waals surface area contributed by atoms with Crippen LogP contribution in [0.5, 0.6) is 0 Å². The Morgan fingerprint density at radius 3 is 2.23 bits per heavy atom. The number of pyridine rings is 1. The quantitative estimate of drug-likeness (QED) is 0.868. The highest BCUT2D eigenvalue weighted by Gasteiger charge is 2.42. The van der Waals surface area contributed by atoms with E-state index in [9.17, 15) is 21.6 Å². The SMILES string of the molecule is Cl.O=S(=O)(c1ccc(C(F)(F)F)nc1)N1C[C@H]2CNC[C@H]2C1. The third-order valence-corrected chi connectivity index (χ3v) is 5.84. The minimum Gasteiger partial charge on any atom is -0.316 e. The molecule has 0 aliphatic carbocycles. The molecule has 0 radical (unpaired) electrons. The molecule has 3 rings (SSSR count). The van der Waals surface area contributed by atoms with Crippen LogP contribution in [-0.2, 0) is 16.2 Å². The maximum atomic E-state index is 12.4. The molecule has 0 spiro atoms. The van der Waals surface area contributed by atoms with Crippen LogP contribution in [0.25, 0.3) is 0 Å². The molecule has 0 bridgehead atoms. The number of alkyl halides is 3. The molecule has 0 amide bonds. The van der Waals surface area contributed by atoms with Crippen molar-refractivity contribution in [1.29, 1.82) is 0 Å². The van der Waals surface area contributed by atoms with E-state index in [1.165, 1.54) is 4.31 Å². The van der Waals surface area contributed by atoms with Gasteiger partial charge in [0.2, 0.25) is 10.0 Å². The second kappa shape index (κ2) is 5.95. The molecule has 5 nitrogen and oxygen atoms in total. The average molecular weight is 358 g/mol. The van der Waals surface area contributed by atoms with E-state index in [4.69, 9.17) is 0 Å². The van der Waals surface area contributed by atoms with Crippen molar-refractivity contribution in [3.05, 3.63) is 24.0 Å². The molecule has 1 aromatic rings. The lowest BCUT2D eigenvalue weighted by molar-refractivity contribution is -0.141. The number of fused-ring (bicyclic) bond motifs is 1. The fourth-order valence-corrected chi connectivity index (χ4v) is 4.36. The highest BCUT2D eigenvalue weighted by atomic mass is 35.5. The van der Waals surface area contributed by atoms with Crippen molar-refractivity contribution in [2.24, 2.45) is 11.8 Å². The van der Waals surface area contributed by atoms with Gasteiger partial charge in [0.15, 0.2) is 0 Å². The zero-order valence-corrected chi connectivity index (χ0v) is 13.0. The second-order valence-corrected chi connectivity index (χ2v) is 7.32. The Bertz CT molecular complexity index is 624. The van der Waals surface area contributed by atoms with E-state index in [0.29, 0.717) is 19.2 Å². The summed E-state index contributed by atoms with van der Waals surface area (Å²) in [5.74, 6) is 0.560. The van der Waals surface area contributed by atoms with E-state index >= 15 is 0 Å². The first kappa shape index (κ1) is 17.5. The third-order valence-electron chi connectivity index (χ3n) is 4.02. The topological polar surface area (TPSA) is 62.3 Å². The lowest BCUT2D eigenvalue weighted by Gasteiger charge is -2.17. The van der Waals surface area contributed by atoms with Gasteiger partial charge in [0.25, 0.3) is 0 Å². The molecule has 2 fully saturated rings. The van der Waals surface area contributed by atoms with Gasteiger partial charge in [-0.15, -0.1) is 12.4 Å². The van der Waals surface area contributed by atoms with E-state index in [2.05, 4.69) is 10.3 Å². The van der Waals surface area contributed by atoms with Crippen LogP contribution >= 0.6 is 12.4 Å². The van der Waals surface area contributed by atoms with E-state index in [-0.39, 0.29) is 29.1 Å². The number of nitrogens with zero attached hydrogens (tertiary/aromatic N) is 2. The molecule has 2 aliphatic rings. The van der Waals surface area contributed by atoms with Crippen LogP contribution in [0.3, 0.4) is 0 Å². The summed E-state index contributed by atoms with van der Waals surface area (Å²) in [6.45, 7) is 2.37. The lowest BCUT2D eigenvalue weighted by atomic mass is 10.0. The van der Waals surface area contributed by atoms with Gasteiger partial charge >= 0.3 is 6.18 Å². The van der Waals surface area contributed by atoms with Crippen LogP contribution < -0.4 is 5.32 Å². The largest absolute Gasteiger partial charge is 0.433 e. The zero-order chi connectivity index (χ0) is 15.3. The van der Waals surface area contributed by atoms with E-state index in [1.807, 2.05) is 0 Å². The summed E-state index contributed by atoms with van der Waals surface area (Å²) in [6, 6.07) is 1.67. The normalized spacial score (nSPS) is 25.8. The zero-order valence-electron chi connectivity index (χ0n) is 11.4. The molecule has 22 heavy (non-hydrogen) atoms. The van der Waals surface area contributed by atoms with Gasteiger partial charge in [0.05, 0.1) is 0 Å². The van der Waals surface area contributed by atoms with Crippen LogP contribution in [0, 0.1) is 11.8 Å². The first-order valence-corrected chi connectivity index (χ1v) is 7.96. The summed E-state index contributed by atoms with van der Waals surface area (Å²) in [7, 11) is -3.77. The molecule has 1 N–H and O–H groups in total. The summed E-state index contributed by atoms with van der Waals surface area (Å²) >= 11 is 0. The van der Waals surface area contributed by atoms with Crippen LogP contribution in [0.4, 0.5) is 13.2 Å². The molecule has 0 unspecified atom stereocenters. The predicted molar refractivity (Wildman–Crippen MR) is 75.1 cm³/mol. The molecule has 2 aliphatic heterocycles. The van der Waals surface area contributed by atoms with Crippen molar-refractivity contribution in [3.8, 4) is 0 Å². The number of hydrogen-bond donors (Lipinski definition) is 1. The molecule has 0 saturated carbocycles. The van der Waals surface area contributed by atoms with Crippen LogP contribution in [0.1, 0.15) is 5.69 Å². The van der Waals surface area contributed by atoms with Gasteiger partial charge in [-0.2, -0.15) is 17.5 Å². The monoisotopic (exact) mass is 357 g/mol. The predicted octanol–water partition coefficient (Wildman–Crippen LogP) is 1.36. The Kier molecular flexibility index (Phi) is 4.72. The Morgan fingerprint density at radius 1 is 1.18 bits per heavy atom. The summed E-state index contributed by atoms with van der Waals surface area (Å²) in [5.41, 5.74) is -1.09. The van der Waals surface area contributed by atoms with Gasteiger partial charge in [-0.3, -0.25) is 4.98 Å². The fraction of sp³-hybridized carbons (Fsp3) is 0.583. The van der Waals surface area contributed by atoms with E-state index in [0.717, 1.165) is 25.4 Å². The van der Waals surface area contributed by atoms with Gasteiger partial charge in [-0.1, -0.05) is 0 Å². The van der Waals surface area contributed by atoms with Crippen molar-refractivity contribution in [2.75, 3.05) is 26.2 Å². The smallest absolute Gasteiger partial charge is 0.316 e. The Balaban J connectivity index is 0.00000176. The highest BCUT2D eigenvalue weighted by molar-refractivity contribution is 7.89. The van der Waals surface area contributed by atoms with Gasteiger partial charge in [-0.05, 0) is 37.1 Å². The number of halogens is 4.